The fourth-order valence-corrected chi connectivity index (χ4v) is 3.23. The van der Waals surface area contributed by atoms with Crippen LogP contribution in [0.3, 0.4) is 0 Å². The van der Waals surface area contributed by atoms with Crippen molar-refractivity contribution in [2.45, 2.75) is 50.6 Å². The Labute approximate surface area is 94.9 Å². The van der Waals surface area contributed by atoms with Crippen LogP contribution in [0, 0.1) is 11.8 Å². The van der Waals surface area contributed by atoms with Gasteiger partial charge in [0.1, 0.15) is 0 Å². The molecule has 16 heavy (non-hydrogen) atoms. The molecule has 0 N–H and O–H groups in total. The molecule has 2 aliphatic carbocycles. The van der Waals surface area contributed by atoms with Crippen molar-refractivity contribution in [2.75, 3.05) is 0 Å². The molecule has 86 valence electrons. The van der Waals surface area contributed by atoms with Crippen molar-refractivity contribution >= 4 is 12.2 Å². The van der Waals surface area contributed by atoms with Gasteiger partial charge in [-0.2, -0.15) is 0 Å². The first-order valence-electron chi connectivity index (χ1n) is 5.97. The normalized spacial score (nSPS) is 37.8. The third-order valence-electron chi connectivity index (χ3n) is 4.03. The Balaban J connectivity index is 1.97. The Morgan fingerprint density at radius 2 is 1.25 bits per heavy atom. The average Bonchev–Trinajstić information content (AvgIpc) is 2.29. The number of isocyanates is 2. The summed E-state index contributed by atoms with van der Waals surface area (Å²) in [4.78, 5) is 28.1. The molecular formula is C12H16N2O2. The number of fused-ring (bicyclic) bond motifs is 1. The van der Waals surface area contributed by atoms with Gasteiger partial charge in [0.2, 0.25) is 12.2 Å². The van der Waals surface area contributed by atoms with Crippen molar-refractivity contribution in [1.82, 2.24) is 0 Å². The third kappa shape index (κ3) is 2.46. The van der Waals surface area contributed by atoms with Crippen LogP contribution in [0.4, 0.5) is 0 Å². The number of aliphatic imine (C=N–C) groups is 2. The second-order valence-electron chi connectivity index (χ2n) is 4.89. The summed E-state index contributed by atoms with van der Waals surface area (Å²) in [6.45, 7) is 0. The molecule has 2 rings (SSSR count). The smallest absolute Gasteiger partial charge is 0.211 e. The molecule has 2 unspecified atom stereocenters. The van der Waals surface area contributed by atoms with Crippen LogP contribution in [0.25, 0.3) is 0 Å². The summed E-state index contributed by atoms with van der Waals surface area (Å²) in [5.41, 5.74) is 0. The van der Waals surface area contributed by atoms with Gasteiger partial charge in [0.05, 0.1) is 12.1 Å². The average molecular weight is 220 g/mol. The Morgan fingerprint density at radius 1 is 0.750 bits per heavy atom. The van der Waals surface area contributed by atoms with E-state index < -0.39 is 0 Å². The zero-order valence-electron chi connectivity index (χ0n) is 9.26. The van der Waals surface area contributed by atoms with Crippen molar-refractivity contribution in [3.63, 3.8) is 0 Å². The fraction of sp³-hybridized carbons (Fsp3) is 0.833. The standard InChI is InChI=1S/C12H16N2O2/c15-7-13-11-3-1-9-2-4-12(14-8-16)6-10(9)5-11/h9-12H,1-6H2. The van der Waals surface area contributed by atoms with E-state index >= 15 is 0 Å². The predicted octanol–water partition coefficient (Wildman–Crippen LogP) is 2.00. The molecule has 0 aromatic rings. The van der Waals surface area contributed by atoms with E-state index in [2.05, 4.69) is 9.98 Å². The molecule has 0 aliphatic heterocycles. The molecule has 0 radical (unpaired) electrons. The maximum Gasteiger partial charge on any atom is 0.235 e. The topological polar surface area (TPSA) is 58.9 Å². The number of nitrogens with zero attached hydrogens (tertiary/aromatic N) is 2. The van der Waals surface area contributed by atoms with Gasteiger partial charge in [-0.05, 0) is 50.4 Å². The summed E-state index contributed by atoms with van der Waals surface area (Å²) in [6.07, 6.45) is 9.57. The van der Waals surface area contributed by atoms with Gasteiger partial charge < -0.3 is 0 Å². The first kappa shape index (κ1) is 11.3. The van der Waals surface area contributed by atoms with Crippen LogP contribution in [0.15, 0.2) is 9.98 Å². The minimum absolute atomic E-state index is 0.151. The third-order valence-corrected chi connectivity index (χ3v) is 4.03. The number of hydrogen-bond donors (Lipinski definition) is 0. The fourth-order valence-electron chi connectivity index (χ4n) is 3.23. The van der Waals surface area contributed by atoms with Crippen molar-refractivity contribution in [3.05, 3.63) is 0 Å². The molecule has 2 fully saturated rings. The second kappa shape index (κ2) is 5.20. The zero-order chi connectivity index (χ0) is 11.4. The first-order chi connectivity index (χ1) is 7.83. The quantitative estimate of drug-likeness (QED) is 0.528. The monoisotopic (exact) mass is 220 g/mol. The summed E-state index contributed by atoms with van der Waals surface area (Å²) < 4.78 is 0. The lowest BCUT2D eigenvalue weighted by Gasteiger charge is -2.39. The van der Waals surface area contributed by atoms with Crippen LogP contribution in [-0.4, -0.2) is 24.2 Å². The summed E-state index contributed by atoms with van der Waals surface area (Å²) in [6, 6.07) is 0.301. The maximum atomic E-state index is 10.2. The minimum atomic E-state index is 0.151. The predicted molar refractivity (Wildman–Crippen MR) is 58.5 cm³/mol. The van der Waals surface area contributed by atoms with Gasteiger partial charge in [0.15, 0.2) is 0 Å². The summed E-state index contributed by atoms with van der Waals surface area (Å²) in [5, 5.41) is 0. The van der Waals surface area contributed by atoms with E-state index in [0.717, 1.165) is 44.4 Å². The Kier molecular flexibility index (Phi) is 3.66. The molecule has 0 bridgehead atoms. The maximum absolute atomic E-state index is 10.2. The number of carbonyl (C=O) groups excluding carboxylic acids is 2. The van der Waals surface area contributed by atoms with Crippen molar-refractivity contribution < 1.29 is 9.59 Å². The van der Waals surface area contributed by atoms with E-state index in [4.69, 9.17) is 0 Å². The highest BCUT2D eigenvalue weighted by Crippen LogP contribution is 2.42. The van der Waals surface area contributed by atoms with Crippen LogP contribution in [0.1, 0.15) is 38.5 Å². The molecule has 2 saturated carbocycles. The lowest BCUT2D eigenvalue weighted by atomic mass is 9.68. The van der Waals surface area contributed by atoms with E-state index in [1.165, 1.54) is 0 Å². The molecule has 2 atom stereocenters. The summed E-state index contributed by atoms with van der Waals surface area (Å²) >= 11 is 0. The molecule has 2 aliphatic rings. The van der Waals surface area contributed by atoms with Crippen molar-refractivity contribution in [2.24, 2.45) is 21.8 Å². The molecule has 4 heteroatoms. The van der Waals surface area contributed by atoms with Gasteiger partial charge >= 0.3 is 0 Å². The molecule has 0 aromatic carbocycles. The molecule has 4 nitrogen and oxygen atoms in total. The molecule has 0 heterocycles. The molecule has 0 aromatic heterocycles. The highest BCUT2D eigenvalue weighted by molar-refractivity contribution is 5.34. The summed E-state index contributed by atoms with van der Waals surface area (Å²) in [5.74, 6) is 1.32. The largest absolute Gasteiger partial charge is 0.235 e. The van der Waals surface area contributed by atoms with Crippen molar-refractivity contribution in [1.29, 1.82) is 0 Å². The number of rotatable bonds is 2. The second-order valence-corrected chi connectivity index (χ2v) is 4.89. The van der Waals surface area contributed by atoms with Crippen LogP contribution < -0.4 is 0 Å². The van der Waals surface area contributed by atoms with Crippen molar-refractivity contribution in [3.8, 4) is 0 Å². The lowest BCUT2D eigenvalue weighted by molar-refractivity contribution is 0.145. The minimum Gasteiger partial charge on any atom is -0.211 e. The van der Waals surface area contributed by atoms with E-state index in [1.807, 2.05) is 0 Å². The first-order valence-corrected chi connectivity index (χ1v) is 5.97. The van der Waals surface area contributed by atoms with Crippen LogP contribution >= 0.6 is 0 Å². The van der Waals surface area contributed by atoms with Crippen LogP contribution in [0.5, 0.6) is 0 Å². The SMILES string of the molecule is O=C=NC1CCC2CCC(N=C=O)CC2C1. The van der Waals surface area contributed by atoms with Gasteiger partial charge in [-0.25, -0.2) is 19.6 Å². The molecule has 0 amide bonds. The molecule has 0 saturated heterocycles. The van der Waals surface area contributed by atoms with Gasteiger partial charge in [-0.15, -0.1) is 0 Å². The summed E-state index contributed by atoms with van der Waals surface area (Å²) in [7, 11) is 0. The van der Waals surface area contributed by atoms with Gasteiger partial charge in [-0.3, -0.25) is 0 Å². The van der Waals surface area contributed by atoms with Crippen LogP contribution in [-0.2, 0) is 9.59 Å². The van der Waals surface area contributed by atoms with E-state index in [-0.39, 0.29) is 12.1 Å². The lowest BCUT2D eigenvalue weighted by Crippen LogP contribution is -2.33. The van der Waals surface area contributed by atoms with Gasteiger partial charge in [0, 0.05) is 0 Å². The Morgan fingerprint density at radius 3 is 1.69 bits per heavy atom. The van der Waals surface area contributed by atoms with Crippen LogP contribution in [0.2, 0.25) is 0 Å². The molecular weight excluding hydrogens is 204 g/mol. The number of hydrogen-bond acceptors (Lipinski definition) is 4. The van der Waals surface area contributed by atoms with E-state index in [1.54, 1.807) is 12.2 Å². The van der Waals surface area contributed by atoms with Gasteiger partial charge in [-0.1, -0.05) is 0 Å². The highest BCUT2D eigenvalue weighted by Gasteiger charge is 2.35. The Hall–Kier alpha value is -1.24. The highest BCUT2D eigenvalue weighted by atomic mass is 16.1. The molecule has 0 spiro atoms. The zero-order valence-corrected chi connectivity index (χ0v) is 9.26. The van der Waals surface area contributed by atoms with Gasteiger partial charge in [0.25, 0.3) is 0 Å². The van der Waals surface area contributed by atoms with E-state index in [0.29, 0.717) is 5.92 Å². The Bertz CT molecular complexity index is 311. The van der Waals surface area contributed by atoms with E-state index in [9.17, 15) is 9.59 Å².